The smallest absolute Gasteiger partial charge is 0.274 e. The second-order valence-electron chi connectivity index (χ2n) is 6.83. The van der Waals surface area contributed by atoms with Gasteiger partial charge in [-0.1, -0.05) is 25.1 Å². The molecule has 7 heteroatoms. The molecule has 0 spiro atoms. The van der Waals surface area contributed by atoms with Gasteiger partial charge in [-0.15, -0.1) is 13.2 Å². The first-order valence-electron chi connectivity index (χ1n) is 9.84. The Morgan fingerprint density at radius 3 is 2.72 bits per heavy atom. The number of carbonyl (C=O) groups is 2. The highest BCUT2D eigenvalue weighted by Gasteiger charge is 2.21. The SMILES string of the molecule is C/C=C\CC(C)CC(=O)Nc1cccc2nc(C(=O)N3CCSCC3)cn12.C=C. The van der Waals surface area contributed by atoms with Gasteiger partial charge in [-0.25, -0.2) is 4.98 Å². The van der Waals surface area contributed by atoms with Crippen LogP contribution in [0.3, 0.4) is 0 Å². The van der Waals surface area contributed by atoms with Crippen LogP contribution in [0.15, 0.2) is 49.7 Å². The van der Waals surface area contributed by atoms with Gasteiger partial charge in [0.1, 0.15) is 17.2 Å². The number of allylic oxidation sites excluding steroid dienone is 2. The van der Waals surface area contributed by atoms with Gasteiger partial charge in [-0.05, 0) is 31.4 Å². The van der Waals surface area contributed by atoms with Crippen LogP contribution in [0.5, 0.6) is 0 Å². The second-order valence-corrected chi connectivity index (χ2v) is 8.06. The number of pyridine rings is 1. The minimum absolute atomic E-state index is 0.0332. The zero-order chi connectivity index (χ0) is 21.2. The van der Waals surface area contributed by atoms with Gasteiger partial charge in [-0.2, -0.15) is 11.8 Å². The minimum atomic E-state index is -0.0451. The summed E-state index contributed by atoms with van der Waals surface area (Å²) in [5.74, 6) is 2.76. The van der Waals surface area contributed by atoms with Crippen molar-refractivity contribution in [3.63, 3.8) is 0 Å². The Morgan fingerprint density at radius 2 is 2.03 bits per heavy atom. The third kappa shape index (κ3) is 6.22. The maximum absolute atomic E-state index is 12.7. The molecule has 1 saturated heterocycles. The monoisotopic (exact) mass is 414 g/mol. The highest BCUT2D eigenvalue weighted by molar-refractivity contribution is 7.99. The molecule has 2 aromatic rings. The van der Waals surface area contributed by atoms with Crippen molar-refractivity contribution >= 4 is 35.0 Å². The first-order valence-corrected chi connectivity index (χ1v) is 11.0. The topological polar surface area (TPSA) is 66.7 Å². The number of hydrogen-bond acceptors (Lipinski definition) is 4. The van der Waals surface area contributed by atoms with E-state index >= 15 is 0 Å². The third-order valence-corrected chi connectivity index (χ3v) is 5.53. The van der Waals surface area contributed by atoms with Crippen molar-refractivity contribution in [3.8, 4) is 0 Å². The number of aromatic nitrogens is 2. The lowest BCUT2D eigenvalue weighted by Crippen LogP contribution is -2.38. The van der Waals surface area contributed by atoms with Gasteiger partial charge in [0.25, 0.3) is 5.91 Å². The van der Waals surface area contributed by atoms with Gasteiger partial charge < -0.3 is 10.2 Å². The van der Waals surface area contributed by atoms with E-state index in [2.05, 4.69) is 36.5 Å². The quantitative estimate of drug-likeness (QED) is 0.718. The molecule has 1 N–H and O–H groups in total. The Hall–Kier alpha value is -2.54. The number of imidazole rings is 1. The molecule has 1 atom stereocenters. The van der Waals surface area contributed by atoms with Gasteiger partial charge in [0.15, 0.2) is 0 Å². The van der Waals surface area contributed by atoms with Gasteiger partial charge in [-0.3, -0.25) is 14.0 Å². The molecule has 3 rings (SSSR count). The molecular weight excluding hydrogens is 384 g/mol. The average molecular weight is 415 g/mol. The van der Waals surface area contributed by atoms with Crippen molar-refractivity contribution in [1.82, 2.24) is 14.3 Å². The molecule has 6 nitrogen and oxygen atoms in total. The number of fused-ring (bicyclic) bond motifs is 1. The molecule has 3 heterocycles. The Morgan fingerprint density at radius 1 is 1.31 bits per heavy atom. The Labute approximate surface area is 177 Å². The van der Waals surface area contributed by atoms with Crippen LogP contribution < -0.4 is 5.32 Å². The lowest BCUT2D eigenvalue weighted by atomic mass is 10.0. The fourth-order valence-electron chi connectivity index (χ4n) is 3.11. The molecule has 0 aliphatic carbocycles. The summed E-state index contributed by atoms with van der Waals surface area (Å²) in [4.78, 5) is 31.4. The number of nitrogens with one attached hydrogen (secondary N) is 1. The molecule has 0 bridgehead atoms. The van der Waals surface area contributed by atoms with Crippen molar-refractivity contribution < 1.29 is 9.59 Å². The molecule has 156 valence electrons. The molecule has 0 aromatic carbocycles. The molecular formula is C22H30N4O2S. The summed E-state index contributed by atoms with van der Waals surface area (Å²) < 4.78 is 1.78. The van der Waals surface area contributed by atoms with Gasteiger partial charge in [0, 0.05) is 37.2 Å². The van der Waals surface area contributed by atoms with Crippen molar-refractivity contribution in [1.29, 1.82) is 0 Å². The van der Waals surface area contributed by atoms with E-state index in [1.165, 1.54) is 0 Å². The number of thioether (sulfide) groups is 1. The Kier molecular flexibility index (Phi) is 8.99. The highest BCUT2D eigenvalue weighted by Crippen LogP contribution is 2.18. The predicted molar refractivity (Wildman–Crippen MR) is 122 cm³/mol. The van der Waals surface area contributed by atoms with Crippen molar-refractivity contribution in [3.05, 3.63) is 55.4 Å². The fourth-order valence-corrected chi connectivity index (χ4v) is 4.01. The number of carbonyl (C=O) groups excluding carboxylic acids is 2. The molecule has 1 aliphatic rings. The van der Waals surface area contributed by atoms with Crippen LogP contribution in [0.25, 0.3) is 5.65 Å². The van der Waals surface area contributed by atoms with E-state index < -0.39 is 0 Å². The molecule has 1 fully saturated rings. The van der Waals surface area contributed by atoms with Crippen LogP contribution in [0.4, 0.5) is 5.82 Å². The number of nitrogens with zero attached hydrogens (tertiary/aromatic N) is 3. The molecule has 0 radical (unpaired) electrons. The third-order valence-electron chi connectivity index (χ3n) is 4.59. The normalized spacial score (nSPS) is 15.0. The first-order chi connectivity index (χ1) is 14.1. The van der Waals surface area contributed by atoms with E-state index in [4.69, 9.17) is 0 Å². The fraction of sp³-hybridized carbons (Fsp3) is 0.409. The van der Waals surface area contributed by atoms with Crippen LogP contribution in [-0.2, 0) is 4.79 Å². The van der Waals surface area contributed by atoms with Gasteiger partial charge in [0.05, 0.1) is 0 Å². The van der Waals surface area contributed by atoms with E-state index in [0.29, 0.717) is 23.6 Å². The van der Waals surface area contributed by atoms with E-state index in [9.17, 15) is 9.59 Å². The molecule has 2 aromatic heterocycles. The van der Waals surface area contributed by atoms with Crippen LogP contribution >= 0.6 is 11.8 Å². The Bertz CT molecular complexity index is 856. The zero-order valence-corrected chi connectivity index (χ0v) is 18.1. The number of anilines is 1. The summed E-state index contributed by atoms with van der Waals surface area (Å²) in [6, 6.07) is 5.51. The molecule has 1 aliphatic heterocycles. The predicted octanol–water partition coefficient (Wildman–Crippen LogP) is 4.26. The van der Waals surface area contributed by atoms with Crippen LogP contribution in [-0.4, -0.2) is 50.7 Å². The summed E-state index contributed by atoms with van der Waals surface area (Å²) in [5, 5.41) is 2.96. The largest absolute Gasteiger partial charge is 0.336 e. The summed E-state index contributed by atoms with van der Waals surface area (Å²) >= 11 is 1.86. The maximum atomic E-state index is 12.7. The zero-order valence-electron chi connectivity index (χ0n) is 17.3. The van der Waals surface area contributed by atoms with Gasteiger partial charge in [0.2, 0.25) is 5.91 Å². The molecule has 0 saturated carbocycles. The Balaban J connectivity index is 0.00000145. The van der Waals surface area contributed by atoms with E-state index in [0.717, 1.165) is 31.0 Å². The number of amides is 2. The first kappa shape index (κ1) is 22.7. The molecule has 29 heavy (non-hydrogen) atoms. The van der Waals surface area contributed by atoms with Crippen molar-refractivity contribution in [2.45, 2.75) is 26.7 Å². The van der Waals surface area contributed by atoms with Crippen LogP contribution in [0.2, 0.25) is 0 Å². The van der Waals surface area contributed by atoms with E-state index in [-0.39, 0.29) is 17.7 Å². The average Bonchev–Trinajstić information content (AvgIpc) is 3.19. The van der Waals surface area contributed by atoms with Gasteiger partial charge >= 0.3 is 0 Å². The van der Waals surface area contributed by atoms with Crippen LogP contribution in [0.1, 0.15) is 37.2 Å². The van der Waals surface area contributed by atoms with E-state index in [1.807, 2.05) is 47.9 Å². The van der Waals surface area contributed by atoms with E-state index in [1.54, 1.807) is 10.6 Å². The standard InChI is InChI=1S/C20H26N4O2S.C2H4/c1-3-4-6-15(2)13-19(25)22-18-8-5-7-17-21-16(14-24(17)18)20(26)23-9-11-27-12-10-23;1-2/h3-5,7-8,14-15H,6,9-13H2,1-2H3,(H,22,25);1-2H2/b4-3-;. The summed E-state index contributed by atoms with van der Waals surface area (Å²) in [5.41, 5.74) is 1.08. The summed E-state index contributed by atoms with van der Waals surface area (Å²) in [6.07, 6.45) is 7.13. The maximum Gasteiger partial charge on any atom is 0.274 e. The molecule has 2 amide bonds. The lowest BCUT2D eigenvalue weighted by Gasteiger charge is -2.25. The summed E-state index contributed by atoms with van der Waals surface area (Å²) in [7, 11) is 0. The number of hydrogen-bond donors (Lipinski definition) is 1. The van der Waals surface area contributed by atoms with Crippen LogP contribution in [0, 0.1) is 5.92 Å². The lowest BCUT2D eigenvalue weighted by molar-refractivity contribution is -0.117. The second kappa shape index (κ2) is 11.5. The number of rotatable bonds is 6. The minimum Gasteiger partial charge on any atom is -0.336 e. The highest BCUT2D eigenvalue weighted by atomic mass is 32.2. The molecule has 1 unspecified atom stereocenters. The summed E-state index contributed by atoms with van der Waals surface area (Å²) in [6.45, 7) is 11.6. The van der Waals surface area contributed by atoms with Crippen molar-refractivity contribution in [2.75, 3.05) is 29.9 Å². The van der Waals surface area contributed by atoms with Crippen molar-refractivity contribution in [2.24, 2.45) is 5.92 Å².